The van der Waals surface area contributed by atoms with Crippen LogP contribution >= 0.6 is 0 Å². The molecule has 0 aliphatic carbocycles. The van der Waals surface area contributed by atoms with Gasteiger partial charge in [-0.2, -0.15) is 5.26 Å². The van der Waals surface area contributed by atoms with Crippen LogP contribution in [0.2, 0.25) is 0 Å². The smallest absolute Gasteiger partial charge is 0.407 e. The monoisotopic (exact) mass is 583 g/mol. The lowest BCUT2D eigenvalue weighted by atomic mass is 10.1. The molecule has 0 aliphatic heterocycles. The Morgan fingerprint density at radius 3 is 2.43 bits per heavy atom. The number of anilines is 2. The van der Waals surface area contributed by atoms with Crippen LogP contribution in [-0.2, 0) is 16.0 Å². The van der Waals surface area contributed by atoms with E-state index in [1.54, 1.807) is 65.6 Å². The molecule has 2 heterocycles. The molecule has 0 bridgehead atoms. The molecule has 1 aromatic carbocycles. The number of ether oxygens (including phenoxy) is 3. The average molecular weight is 584 g/mol. The number of hydrogen-bond acceptors (Lipinski definition) is 10. The number of nitriles is 1. The summed E-state index contributed by atoms with van der Waals surface area (Å²) in [6.07, 6.45) is 0.465. The molecule has 1 atom stereocenters. The maximum atomic E-state index is 14.8. The molecule has 0 spiro atoms. The Hall–Kier alpha value is -4.60. The van der Waals surface area contributed by atoms with Crippen molar-refractivity contribution < 1.29 is 28.2 Å². The second-order valence-electron chi connectivity index (χ2n) is 11.7. The Labute approximate surface area is 244 Å². The van der Waals surface area contributed by atoms with Gasteiger partial charge in [-0.3, -0.25) is 0 Å². The van der Waals surface area contributed by atoms with Crippen molar-refractivity contribution in [3.05, 3.63) is 46.9 Å². The van der Waals surface area contributed by atoms with Gasteiger partial charge in [0.15, 0.2) is 11.5 Å². The first-order valence-electron chi connectivity index (χ1n) is 13.5. The SMILES string of the molecule is CCN(Cc1c(O[C@@H](C)CNC(=O)OC(C)(C)C)ccc(F)c1C#N)c1ccn2nc(N)c(C(=O)OC(C)(C)C)c2n1. The molecule has 0 radical (unpaired) electrons. The van der Waals surface area contributed by atoms with E-state index >= 15 is 0 Å². The van der Waals surface area contributed by atoms with Crippen LogP contribution in [0.4, 0.5) is 20.8 Å². The third kappa shape index (κ3) is 7.99. The third-order valence-corrected chi connectivity index (χ3v) is 5.75. The van der Waals surface area contributed by atoms with Crippen molar-refractivity contribution in [1.29, 1.82) is 5.26 Å². The molecule has 0 saturated heterocycles. The third-order valence-electron chi connectivity index (χ3n) is 5.75. The molecule has 3 aromatic rings. The first kappa shape index (κ1) is 31.9. The van der Waals surface area contributed by atoms with Gasteiger partial charge >= 0.3 is 12.1 Å². The minimum Gasteiger partial charge on any atom is -0.488 e. The van der Waals surface area contributed by atoms with E-state index in [1.807, 2.05) is 13.0 Å². The van der Waals surface area contributed by atoms with E-state index < -0.39 is 35.2 Å². The lowest BCUT2D eigenvalue weighted by molar-refractivity contribution is 0.00724. The van der Waals surface area contributed by atoms with E-state index in [1.165, 1.54) is 10.6 Å². The van der Waals surface area contributed by atoms with Crippen LogP contribution in [-0.4, -0.2) is 57.1 Å². The van der Waals surface area contributed by atoms with Crippen LogP contribution in [0, 0.1) is 17.1 Å². The van der Waals surface area contributed by atoms with Crippen LogP contribution in [0.15, 0.2) is 24.4 Å². The number of alkyl carbamates (subject to hydrolysis) is 1. The number of nitrogens with two attached hydrogens (primary N) is 1. The average Bonchev–Trinajstić information content (AvgIpc) is 3.20. The summed E-state index contributed by atoms with van der Waals surface area (Å²) in [5.41, 5.74) is 4.96. The first-order chi connectivity index (χ1) is 19.5. The zero-order chi connectivity index (χ0) is 31.4. The number of esters is 1. The minimum absolute atomic E-state index is 0.0292. The predicted molar refractivity (Wildman–Crippen MR) is 155 cm³/mol. The summed E-state index contributed by atoms with van der Waals surface area (Å²) in [7, 11) is 0. The molecule has 3 rings (SSSR count). The van der Waals surface area contributed by atoms with Gasteiger partial charge in [-0.1, -0.05) is 0 Å². The predicted octanol–water partition coefficient (Wildman–Crippen LogP) is 4.60. The Morgan fingerprint density at radius 2 is 1.83 bits per heavy atom. The number of hydrogen-bond donors (Lipinski definition) is 2. The fraction of sp³-hybridized carbons (Fsp3) is 0.483. The fourth-order valence-corrected chi connectivity index (χ4v) is 3.97. The first-order valence-corrected chi connectivity index (χ1v) is 13.5. The highest BCUT2D eigenvalue weighted by Gasteiger charge is 2.27. The number of rotatable bonds is 9. The van der Waals surface area contributed by atoms with Crippen molar-refractivity contribution in [3.8, 4) is 11.8 Å². The van der Waals surface area contributed by atoms with Crippen LogP contribution in [0.5, 0.6) is 5.75 Å². The number of nitrogens with one attached hydrogen (secondary N) is 1. The molecule has 226 valence electrons. The molecular weight excluding hydrogens is 545 g/mol. The van der Waals surface area contributed by atoms with Crippen LogP contribution in [0.1, 0.15) is 76.9 Å². The van der Waals surface area contributed by atoms with Crippen molar-refractivity contribution >= 4 is 29.3 Å². The van der Waals surface area contributed by atoms with E-state index in [2.05, 4.69) is 15.4 Å². The van der Waals surface area contributed by atoms with E-state index in [4.69, 9.17) is 19.9 Å². The van der Waals surface area contributed by atoms with Crippen molar-refractivity contribution in [1.82, 2.24) is 19.9 Å². The number of nitrogens with zero attached hydrogens (tertiary/aromatic N) is 5. The Balaban J connectivity index is 1.92. The summed E-state index contributed by atoms with van der Waals surface area (Å²) in [5, 5.41) is 16.6. The number of benzene rings is 1. The summed E-state index contributed by atoms with van der Waals surface area (Å²) >= 11 is 0. The number of carbonyl (C=O) groups is 2. The molecular formula is C29H38FN7O5. The Morgan fingerprint density at radius 1 is 1.17 bits per heavy atom. The second-order valence-corrected chi connectivity index (χ2v) is 11.7. The summed E-state index contributed by atoms with van der Waals surface area (Å²) < 4.78 is 32.9. The van der Waals surface area contributed by atoms with Crippen molar-refractivity contribution in [2.24, 2.45) is 0 Å². The molecule has 13 heteroatoms. The fourth-order valence-electron chi connectivity index (χ4n) is 3.97. The number of halogens is 1. The Bertz CT molecular complexity index is 1500. The molecule has 3 N–H and O–H groups in total. The summed E-state index contributed by atoms with van der Waals surface area (Å²) in [4.78, 5) is 31.4. The van der Waals surface area contributed by atoms with E-state index in [-0.39, 0.29) is 41.4 Å². The maximum Gasteiger partial charge on any atom is 0.407 e. The number of carbonyl (C=O) groups excluding carboxylic acids is 2. The van der Waals surface area contributed by atoms with Gasteiger partial charge in [-0.25, -0.2) is 23.5 Å². The molecule has 0 fully saturated rings. The number of fused-ring (bicyclic) bond motifs is 1. The van der Waals surface area contributed by atoms with E-state index in [0.717, 1.165) is 6.07 Å². The second kappa shape index (κ2) is 12.5. The van der Waals surface area contributed by atoms with Gasteiger partial charge < -0.3 is 30.2 Å². The normalized spacial score (nSPS) is 12.4. The van der Waals surface area contributed by atoms with Gasteiger partial charge in [0.2, 0.25) is 0 Å². The highest BCUT2D eigenvalue weighted by Crippen LogP contribution is 2.30. The molecule has 1 amide bonds. The van der Waals surface area contributed by atoms with Crippen molar-refractivity contribution in [2.75, 3.05) is 23.7 Å². The quantitative estimate of drug-likeness (QED) is 0.341. The van der Waals surface area contributed by atoms with Gasteiger partial charge in [0.05, 0.1) is 12.1 Å². The largest absolute Gasteiger partial charge is 0.488 e. The van der Waals surface area contributed by atoms with Crippen LogP contribution in [0.25, 0.3) is 5.65 Å². The standard InChI is InChI=1S/C29H38FN7O5/c1-9-36(22-12-13-37-25(34-22)23(24(32)35-37)26(38)41-28(3,4)5)16-19-18(14-31)20(30)10-11-21(19)40-17(2)15-33-27(39)42-29(6,7)8/h10-13,17H,9,15-16H2,1-8H3,(H2,32,35)(H,33,39)/t17-/m0/s1. The van der Waals surface area contributed by atoms with Gasteiger partial charge in [0.1, 0.15) is 46.3 Å². The molecule has 2 aromatic heterocycles. The summed E-state index contributed by atoms with van der Waals surface area (Å²) in [6.45, 7) is 14.7. The summed E-state index contributed by atoms with van der Waals surface area (Å²) in [6, 6.07) is 6.20. The van der Waals surface area contributed by atoms with E-state index in [0.29, 0.717) is 17.9 Å². The van der Waals surface area contributed by atoms with Gasteiger partial charge in [-0.15, -0.1) is 5.10 Å². The van der Waals surface area contributed by atoms with Crippen molar-refractivity contribution in [2.45, 2.75) is 79.2 Å². The molecule has 42 heavy (non-hydrogen) atoms. The highest BCUT2D eigenvalue weighted by molar-refractivity contribution is 6.01. The number of aromatic nitrogens is 3. The molecule has 0 aliphatic rings. The van der Waals surface area contributed by atoms with Crippen molar-refractivity contribution in [3.63, 3.8) is 0 Å². The number of amides is 1. The maximum absolute atomic E-state index is 14.8. The molecule has 0 saturated carbocycles. The van der Waals surface area contributed by atoms with E-state index in [9.17, 15) is 19.2 Å². The lowest BCUT2D eigenvalue weighted by Crippen LogP contribution is -2.37. The van der Waals surface area contributed by atoms with Crippen LogP contribution < -0.4 is 20.7 Å². The Kier molecular flexibility index (Phi) is 9.50. The molecule has 12 nitrogen and oxygen atoms in total. The topological polar surface area (TPSA) is 157 Å². The highest BCUT2D eigenvalue weighted by atomic mass is 19.1. The number of nitrogen functional groups attached to an aromatic ring is 1. The van der Waals surface area contributed by atoms with Gasteiger partial charge in [-0.05, 0) is 73.6 Å². The van der Waals surface area contributed by atoms with Gasteiger partial charge in [0.25, 0.3) is 0 Å². The van der Waals surface area contributed by atoms with Gasteiger partial charge in [0, 0.05) is 24.8 Å². The molecule has 0 unspecified atom stereocenters. The minimum atomic E-state index is -0.758. The zero-order valence-corrected chi connectivity index (χ0v) is 25.2. The van der Waals surface area contributed by atoms with Crippen LogP contribution in [0.3, 0.4) is 0 Å². The summed E-state index contributed by atoms with van der Waals surface area (Å²) in [5.74, 6) is -0.695. The zero-order valence-electron chi connectivity index (χ0n) is 25.2. The lowest BCUT2D eigenvalue weighted by Gasteiger charge is -2.26.